The highest BCUT2D eigenvalue weighted by Crippen LogP contribution is 2.28. The lowest BCUT2D eigenvalue weighted by Gasteiger charge is -2.12. The van der Waals surface area contributed by atoms with Crippen molar-refractivity contribution in [1.82, 2.24) is 4.57 Å². The van der Waals surface area contributed by atoms with Crippen molar-refractivity contribution in [3.05, 3.63) is 40.7 Å². The number of aryl methyl sites for hydroxylation is 1. The number of methoxy groups -OCH3 is 1. The Hall–Kier alpha value is -1.61. The molecule has 0 aliphatic heterocycles. The van der Waals surface area contributed by atoms with Gasteiger partial charge in [0.05, 0.1) is 17.8 Å². The number of halogens is 1. The fraction of sp³-hybridized carbons (Fsp3) is 0.231. The van der Waals surface area contributed by atoms with Crippen LogP contribution in [0.2, 0.25) is 5.02 Å². The van der Waals surface area contributed by atoms with Crippen LogP contribution in [0.4, 0.5) is 5.69 Å². The molecule has 0 fully saturated rings. The summed E-state index contributed by atoms with van der Waals surface area (Å²) >= 11 is 6.11. The summed E-state index contributed by atoms with van der Waals surface area (Å²) < 4.78 is 7.21. The van der Waals surface area contributed by atoms with Crippen LogP contribution < -0.4 is 10.5 Å². The van der Waals surface area contributed by atoms with Crippen LogP contribution in [0.1, 0.15) is 11.4 Å². The van der Waals surface area contributed by atoms with Crippen LogP contribution in [0.25, 0.3) is 5.69 Å². The molecule has 0 atom stereocenters. The molecule has 0 aliphatic rings. The summed E-state index contributed by atoms with van der Waals surface area (Å²) in [5, 5.41) is 0.761. The maximum absolute atomic E-state index is 6.11. The Labute approximate surface area is 106 Å². The number of nitrogen functional groups attached to an aromatic ring is 1. The number of nitrogens with two attached hydrogens (primary N) is 1. The second-order valence-corrected chi connectivity index (χ2v) is 4.39. The van der Waals surface area contributed by atoms with E-state index in [1.165, 1.54) is 0 Å². The van der Waals surface area contributed by atoms with E-state index in [1.54, 1.807) is 7.11 Å². The Kier molecular flexibility index (Phi) is 3.03. The molecule has 1 heterocycles. The first-order valence-electron chi connectivity index (χ1n) is 5.33. The van der Waals surface area contributed by atoms with Gasteiger partial charge in [-0.2, -0.15) is 0 Å². The zero-order valence-electron chi connectivity index (χ0n) is 10.1. The van der Waals surface area contributed by atoms with E-state index in [9.17, 15) is 0 Å². The molecular formula is C13H15ClN2O. The molecule has 0 saturated carbocycles. The molecule has 0 aliphatic carbocycles. The van der Waals surface area contributed by atoms with Gasteiger partial charge in [-0.1, -0.05) is 11.6 Å². The normalized spacial score (nSPS) is 10.6. The number of hydrogen-bond acceptors (Lipinski definition) is 2. The summed E-state index contributed by atoms with van der Waals surface area (Å²) in [4.78, 5) is 0. The molecule has 0 bridgehead atoms. The number of ether oxygens (including phenoxy) is 1. The Morgan fingerprint density at radius 3 is 2.41 bits per heavy atom. The average Bonchev–Trinajstić information content (AvgIpc) is 2.53. The first kappa shape index (κ1) is 11.9. The quantitative estimate of drug-likeness (QED) is 0.831. The van der Waals surface area contributed by atoms with Crippen LogP contribution in [0.15, 0.2) is 24.3 Å². The highest BCUT2D eigenvalue weighted by molar-refractivity contribution is 6.31. The molecule has 0 saturated heterocycles. The maximum Gasteiger partial charge on any atom is 0.141 e. The second-order valence-electron chi connectivity index (χ2n) is 3.98. The van der Waals surface area contributed by atoms with E-state index >= 15 is 0 Å². The van der Waals surface area contributed by atoms with E-state index in [1.807, 2.05) is 38.1 Å². The molecule has 17 heavy (non-hydrogen) atoms. The number of anilines is 1. The minimum absolute atomic E-state index is 0.619. The van der Waals surface area contributed by atoms with Gasteiger partial charge in [0, 0.05) is 17.1 Å². The highest BCUT2D eigenvalue weighted by atomic mass is 35.5. The van der Waals surface area contributed by atoms with E-state index in [2.05, 4.69) is 4.57 Å². The molecule has 0 amide bonds. The van der Waals surface area contributed by atoms with Gasteiger partial charge in [0.25, 0.3) is 0 Å². The van der Waals surface area contributed by atoms with Crippen molar-refractivity contribution < 1.29 is 4.74 Å². The van der Waals surface area contributed by atoms with Gasteiger partial charge < -0.3 is 15.0 Å². The molecular weight excluding hydrogens is 236 g/mol. The fourth-order valence-electron chi connectivity index (χ4n) is 1.98. The lowest BCUT2D eigenvalue weighted by Crippen LogP contribution is -2.01. The van der Waals surface area contributed by atoms with Crippen molar-refractivity contribution in [3.63, 3.8) is 0 Å². The SMILES string of the molecule is COc1ccc(-n2c(C)cc(Cl)c2C)cc1N. The standard InChI is InChI=1S/C13H15ClN2O/c1-8-6-11(14)9(2)16(8)10-4-5-13(17-3)12(15)7-10/h4-7H,15H2,1-3H3. The zero-order chi connectivity index (χ0) is 12.6. The van der Waals surface area contributed by atoms with Crippen molar-refractivity contribution in [1.29, 1.82) is 0 Å². The van der Waals surface area contributed by atoms with Crippen molar-refractivity contribution in [2.75, 3.05) is 12.8 Å². The Morgan fingerprint density at radius 2 is 1.94 bits per heavy atom. The van der Waals surface area contributed by atoms with Gasteiger partial charge in [0.2, 0.25) is 0 Å². The monoisotopic (exact) mass is 250 g/mol. The Balaban J connectivity index is 2.57. The van der Waals surface area contributed by atoms with Crippen LogP contribution in [0, 0.1) is 13.8 Å². The first-order chi connectivity index (χ1) is 8.04. The average molecular weight is 251 g/mol. The lowest BCUT2D eigenvalue weighted by atomic mass is 10.2. The Morgan fingerprint density at radius 1 is 1.24 bits per heavy atom. The summed E-state index contributed by atoms with van der Waals surface area (Å²) in [5.41, 5.74) is 9.60. The number of hydrogen-bond donors (Lipinski definition) is 1. The number of aromatic nitrogens is 1. The molecule has 4 heteroatoms. The van der Waals surface area contributed by atoms with E-state index in [0.717, 1.165) is 22.1 Å². The van der Waals surface area contributed by atoms with Gasteiger partial charge in [-0.05, 0) is 38.1 Å². The van der Waals surface area contributed by atoms with E-state index in [-0.39, 0.29) is 0 Å². The number of rotatable bonds is 2. The van der Waals surface area contributed by atoms with E-state index < -0.39 is 0 Å². The summed E-state index contributed by atoms with van der Waals surface area (Å²) in [6.07, 6.45) is 0. The van der Waals surface area contributed by atoms with Crippen molar-refractivity contribution in [3.8, 4) is 11.4 Å². The maximum atomic E-state index is 6.11. The minimum atomic E-state index is 0.619. The molecule has 90 valence electrons. The van der Waals surface area contributed by atoms with Gasteiger partial charge >= 0.3 is 0 Å². The van der Waals surface area contributed by atoms with Crippen LogP contribution in [-0.4, -0.2) is 11.7 Å². The Bertz CT molecular complexity index is 561. The third kappa shape index (κ3) is 1.98. The van der Waals surface area contributed by atoms with Crippen molar-refractivity contribution in [2.45, 2.75) is 13.8 Å². The largest absolute Gasteiger partial charge is 0.495 e. The summed E-state index contributed by atoms with van der Waals surface area (Å²) in [6, 6.07) is 7.65. The third-order valence-electron chi connectivity index (χ3n) is 2.84. The van der Waals surface area contributed by atoms with Crippen LogP contribution in [0.5, 0.6) is 5.75 Å². The third-order valence-corrected chi connectivity index (χ3v) is 3.22. The summed E-state index contributed by atoms with van der Waals surface area (Å²) in [7, 11) is 1.61. The lowest BCUT2D eigenvalue weighted by molar-refractivity contribution is 0.417. The van der Waals surface area contributed by atoms with Crippen LogP contribution >= 0.6 is 11.6 Å². The summed E-state index contributed by atoms with van der Waals surface area (Å²) in [5.74, 6) is 0.683. The molecule has 2 aromatic rings. The molecule has 1 aromatic carbocycles. The van der Waals surface area contributed by atoms with Gasteiger partial charge in [-0.25, -0.2) is 0 Å². The smallest absolute Gasteiger partial charge is 0.141 e. The number of benzene rings is 1. The molecule has 2 N–H and O–H groups in total. The first-order valence-corrected chi connectivity index (χ1v) is 5.70. The molecule has 2 rings (SSSR count). The minimum Gasteiger partial charge on any atom is -0.495 e. The predicted molar refractivity (Wildman–Crippen MR) is 71.2 cm³/mol. The molecule has 3 nitrogen and oxygen atoms in total. The van der Waals surface area contributed by atoms with Gasteiger partial charge in [-0.15, -0.1) is 0 Å². The second kappa shape index (κ2) is 4.34. The molecule has 0 radical (unpaired) electrons. The van der Waals surface area contributed by atoms with Crippen LogP contribution in [-0.2, 0) is 0 Å². The van der Waals surface area contributed by atoms with Crippen molar-refractivity contribution >= 4 is 17.3 Å². The molecule has 1 aromatic heterocycles. The topological polar surface area (TPSA) is 40.2 Å². The molecule has 0 spiro atoms. The van der Waals surface area contributed by atoms with Gasteiger partial charge in [-0.3, -0.25) is 0 Å². The number of nitrogens with zero attached hydrogens (tertiary/aromatic N) is 1. The highest BCUT2D eigenvalue weighted by Gasteiger charge is 2.10. The molecule has 0 unspecified atom stereocenters. The van der Waals surface area contributed by atoms with E-state index in [4.69, 9.17) is 22.1 Å². The summed E-state index contributed by atoms with van der Waals surface area (Å²) in [6.45, 7) is 4.00. The van der Waals surface area contributed by atoms with E-state index in [0.29, 0.717) is 11.4 Å². The van der Waals surface area contributed by atoms with Crippen molar-refractivity contribution in [2.24, 2.45) is 0 Å². The fourth-order valence-corrected chi connectivity index (χ4v) is 2.22. The zero-order valence-corrected chi connectivity index (χ0v) is 10.9. The predicted octanol–water partition coefficient (Wildman–Crippen LogP) is 3.34. The van der Waals surface area contributed by atoms with Crippen LogP contribution in [0.3, 0.4) is 0 Å². The van der Waals surface area contributed by atoms with Gasteiger partial charge in [0.15, 0.2) is 0 Å². The van der Waals surface area contributed by atoms with Gasteiger partial charge in [0.1, 0.15) is 5.75 Å².